The molecule has 1 N–H and O–H groups in total. The van der Waals surface area contributed by atoms with Gasteiger partial charge in [-0.25, -0.2) is 18.4 Å². The molecule has 2 aromatic carbocycles. The quantitative estimate of drug-likeness (QED) is 0.303. The lowest BCUT2D eigenvalue weighted by Crippen LogP contribution is -2.25. The first-order chi connectivity index (χ1) is 19.6. The molecule has 0 aliphatic rings. The van der Waals surface area contributed by atoms with Crippen LogP contribution in [0.1, 0.15) is 15.9 Å². The highest BCUT2D eigenvalue weighted by atomic mass is 32.2. The van der Waals surface area contributed by atoms with Crippen LogP contribution in [0.25, 0.3) is 50.5 Å². The number of imidazole rings is 1. The van der Waals surface area contributed by atoms with Gasteiger partial charge in [-0.15, -0.1) is 0 Å². The van der Waals surface area contributed by atoms with Crippen molar-refractivity contribution in [3.05, 3.63) is 90.6 Å². The SMILES string of the molecule is CNC(=O)c1c(-c2ccc(C)cc2)oc2cc(N(C)S(C)(=O)=O)c(-c3cncc(-c4cn5cccnc5n4)c3)cc12. The van der Waals surface area contributed by atoms with Gasteiger partial charge >= 0.3 is 0 Å². The lowest BCUT2D eigenvalue weighted by Gasteiger charge is -2.20. The van der Waals surface area contributed by atoms with Crippen molar-refractivity contribution < 1.29 is 17.6 Å². The number of fused-ring (bicyclic) bond motifs is 2. The first-order valence-corrected chi connectivity index (χ1v) is 14.6. The number of amides is 1. The number of pyridine rings is 1. The summed E-state index contributed by atoms with van der Waals surface area (Å²) in [5.74, 6) is 0.621. The molecule has 4 aromatic heterocycles. The molecule has 0 radical (unpaired) electrons. The van der Waals surface area contributed by atoms with E-state index in [1.54, 1.807) is 37.8 Å². The van der Waals surface area contributed by atoms with E-state index >= 15 is 0 Å². The summed E-state index contributed by atoms with van der Waals surface area (Å²) in [7, 11) is -0.608. The number of aryl methyl sites for hydroxylation is 1. The number of benzene rings is 2. The summed E-state index contributed by atoms with van der Waals surface area (Å²) in [6.07, 6.45) is 9.85. The van der Waals surface area contributed by atoms with E-state index in [-0.39, 0.29) is 5.91 Å². The average Bonchev–Trinajstić information content (AvgIpc) is 3.57. The fraction of sp³-hybridized carbons (Fsp3) is 0.133. The smallest absolute Gasteiger partial charge is 0.255 e. The number of rotatable bonds is 6. The first kappa shape index (κ1) is 26.2. The normalized spacial score (nSPS) is 11.7. The largest absolute Gasteiger partial charge is 0.455 e. The summed E-state index contributed by atoms with van der Waals surface area (Å²) in [6.45, 7) is 1.98. The zero-order valence-electron chi connectivity index (χ0n) is 22.8. The summed E-state index contributed by atoms with van der Waals surface area (Å²) in [4.78, 5) is 26.5. The molecule has 206 valence electrons. The summed E-state index contributed by atoms with van der Waals surface area (Å²) < 4.78 is 34.7. The maximum atomic E-state index is 13.2. The molecule has 0 bridgehead atoms. The predicted octanol–water partition coefficient (Wildman–Crippen LogP) is 4.94. The molecular weight excluding hydrogens is 540 g/mol. The molecule has 6 aromatic rings. The Bertz CT molecular complexity index is 2030. The first-order valence-electron chi connectivity index (χ1n) is 12.7. The molecule has 0 saturated heterocycles. The lowest BCUT2D eigenvalue weighted by molar-refractivity contribution is 0.0964. The molecule has 11 heteroatoms. The monoisotopic (exact) mass is 566 g/mol. The van der Waals surface area contributed by atoms with E-state index in [4.69, 9.17) is 4.42 Å². The number of nitrogens with zero attached hydrogens (tertiary/aromatic N) is 5. The van der Waals surface area contributed by atoms with Crippen molar-refractivity contribution in [2.75, 3.05) is 24.7 Å². The summed E-state index contributed by atoms with van der Waals surface area (Å²) in [5.41, 5.74) is 5.50. The van der Waals surface area contributed by atoms with Gasteiger partial charge in [0.15, 0.2) is 0 Å². The number of aromatic nitrogens is 4. The van der Waals surface area contributed by atoms with Gasteiger partial charge < -0.3 is 9.73 Å². The van der Waals surface area contributed by atoms with Crippen molar-refractivity contribution in [1.82, 2.24) is 24.7 Å². The minimum absolute atomic E-state index is 0.321. The summed E-state index contributed by atoms with van der Waals surface area (Å²) in [6, 6.07) is 14.8. The van der Waals surface area contributed by atoms with E-state index in [1.807, 2.05) is 60.1 Å². The minimum Gasteiger partial charge on any atom is -0.455 e. The topological polar surface area (TPSA) is 123 Å². The molecule has 0 atom stereocenters. The van der Waals surface area contributed by atoms with Gasteiger partial charge in [0.2, 0.25) is 15.8 Å². The van der Waals surface area contributed by atoms with Crippen LogP contribution in [0.2, 0.25) is 0 Å². The van der Waals surface area contributed by atoms with Gasteiger partial charge in [-0.3, -0.25) is 18.5 Å². The van der Waals surface area contributed by atoms with E-state index in [1.165, 1.54) is 11.4 Å². The Kier molecular flexibility index (Phi) is 6.30. The average molecular weight is 567 g/mol. The predicted molar refractivity (Wildman–Crippen MR) is 158 cm³/mol. The molecule has 0 spiro atoms. The number of nitrogens with one attached hydrogen (secondary N) is 1. The molecule has 0 aliphatic heterocycles. The maximum absolute atomic E-state index is 13.2. The fourth-order valence-corrected chi connectivity index (χ4v) is 5.27. The Labute approximate surface area is 236 Å². The standard InChI is InChI=1S/C30H26N6O4S/c1-18-6-8-19(9-7-18)28-27(29(37)31-2)23-13-22(25(14-26(23)40-28)35(3)41(4,38)39)20-12-21(16-32-15-20)24-17-36-11-5-10-33-30(36)34-24/h5-17H,1-4H3,(H,31,37). The summed E-state index contributed by atoms with van der Waals surface area (Å²) >= 11 is 0. The molecule has 0 saturated carbocycles. The number of carbonyl (C=O) groups excluding carboxylic acids is 1. The maximum Gasteiger partial charge on any atom is 0.255 e. The molecule has 41 heavy (non-hydrogen) atoms. The molecular formula is C30H26N6O4S. The Morgan fingerprint density at radius 2 is 1.80 bits per heavy atom. The molecule has 6 rings (SSSR count). The van der Waals surface area contributed by atoms with Gasteiger partial charge in [-0.05, 0) is 25.1 Å². The van der Waals surface area contributed by atoms with Crippen LogP contribution in [0, 0.1) is 6.92 Å². The van der Waals surface area contributed by atoms with Crippen molar-refractivity contribution in [1.29, 1.82) is 0 Å². The molecule has 0 aliphatic carbocycles. The van der Waals surface area contributed by atoms with E-state index < -0.39 is 10.0 Å². The van der Waals surface area contributed by atoms with Gasteiger partial charge in [0, 0.05) is 78.8 Å². The highest BCUT2D eigenvalue weighted by Gasteiger charge is 2.26. The third-order valence-corrected chi connectivity index (χ3v) is 8.18. The molecule has 10 nitrogen and oxygen atoms in total. The zero-order chi connectivity index (χ0) is 28.9. The third kappa shape index (κ3) is 4.70. The Morgan fingerprint density at radius 3 is 2.51 bits per heavy atom. The van der Waals surface area contributed by atoms with E-state index in [9.17, 15) is 13.2 Å². The van der Waals surface area contributed by atoms with Crippen LogP contribution in [0.5, 0.6) is 0 Å². The van der Waals surface area contributed by atoms with Gasteiger partial charge in [-0.1, -0.05) is 29.8 Å². The molecule has 0 fully saturated rings. The van der Waals surface area contributed by atoms with Gasteiger partial charge in [-0.2, -0.15) is 0 Å². The number of anilines is 1. The Morgan fingerprint density at radius 1 is 1.05 bits per heavy atom. The lowest BCUT2D eigenvalue weighted by atomic mass is 9.98. The van der Waals surface area contributed by atoms with Crippen molar-refractivity contribution in [3.63, 3.8) is 0 Å². The van der Waals surface area contributed by atoms with Crippen molar-refractivity contribution in [2.45, 2.75) is 6.92 Å². The van der Waals surface area contributed by atoms with Crippen LogP contribution in [-0.2, 0) is 10.0 Å². The van der Waals surface area contributed by atoms with Crippen molar-refractivity contribution in [2.24, 2.45) is 0 Å². The number of hydrogen-bond acceptors (Lipinski definition) is 7. The van der Waals surface area contributed by atoms with E-state index in [0.717, 1.165) is 22.9 Å². The van der Waals surface area contributed by atoms with Crippen LogP contribution in [0.3, 0.4) is 0 Å². The van der Waals surface area contributed by atoms with Gasteiger partial charge in [0.05, 0.1) is 23.2 Å². The zero-order valence-corrected chi connectivity index (χ0v) is 23.6. The van der Waals surface area contributed by atoms with Crippen LogP contribution in [-0.4, -0.2) is 54.0 Å². The highest BCUT2D eigenvalue weighted by Crippen LogP contribution is 2.41. The highest BCUT2D eigenvalue weighted by molar-refractivity contribution is 7.92. The number of hydrogen-bond donors (Lipinski definition) is 1. The van der Waals surface area contributed by atoms with Crippen LogP contribution >= 0.6 is 0 Å². The second-order valence-electron chi connectivity index (χ2n) is 9.76. The van der Waals surface area contributed by atoms with Crippen LogP contribution < -0.4 is 9.62 Å². The van der Waals surface area contributed by atoms with Crippen molar-refractivity contribution >= 4 is 38.4 Å². The Hall–Kier alpha value is -5.03. The second-order valence-corrected chi connectivity index (χ2v) is 11.8. The Balaban J connectivity index is 1.61. The second kappa shape index (κ2) is 9.86. The number of furan rings is 1. The molecule has 4 heterocycles. The van der Waals surface area contributed by atoms with Gasteiger partial charge in [0.1, 0.15) is 11.3 Å². The molecule has 1 amide bonds. The van der Waals surface area contributed by atoms with E-state index in [0.29, 0.717) is 50.6 Å². The minimum atomic E-state index is -3.65. The number of carbonyl (C=O) groups is 1. The number of sulfonamides is 1. The summed E-state index contributed by atoms with van der Waals surface area (Å²) in [5, 5.41) is 3.26. The van der Waals surface area contributed by atoms with Gasteiger partial charge in [0.25, 0.3) is 5.91 Å². The van der Waals surface area contributed by atoms with Crippen molar-refractivity contribution in [3.8, 4) is 33.7 Å². The van der Waals surface area contributed by atoms with E-state index in [2.05, 4.69) is 20.3 Å². The third-order valence-electron chi connectivity index (χ3n) is 6.99. The molecule has 0 unspecified atom stereocenters. The van der Waals surface area contributed by atoms with Crippen LogP contribution in [0.15, 0.2) is 83.9 Å². The fourth-order valence-electron chi connectivity index (χ4n) is 4.76. The van der Waals surface area contributed by atoms with Crippen LogP contribution in [0.4, 0.5) is 5.69 Å².